The SMILES string of the molecule is COC1(/C=C/C(=O)OCc2ccc3c(ccc(=O)n3C)c2)CCOCC1. The average molecular weight is 357 g/mol. The largest absolute Gasteiger partial charge is 0.458 e. The first-order chi connectivity index (χ1) is 12.5. The lowest BCUT2D eigenvalue weighted by Crippen LogP contribution is -2.36. The number of nitrogens with zero attached hydrogens (tertiary/aromatic N) is 1. The second-order valence-electron chi connectivity index (χ2n) is 6.45. The number of carbonyl (C=O) groups is 1. The second-order valence-corrected chi connectivity index (χ2v) is 6.45. The Morgan fingerprint density at radius 1 is 1.27 bits per heavy atom. The van der Waals surface area contributed by atoms with E-state index < -0.39 is 11.6 Å². The molecule has 1 aliphatic heterocycles. The predicted octanol–water partition coefficient (Wildman–Crippen LogP) is 2.33. The van der Waals surface area contributed by atoms with Crippen LogP contribution in [0.25, 0.3) is 10.9 Å². The van der Waals surface area contributed by atoms with Gasteiger partial charge in [-0.25, -0.2) is 4.79 Å². The van der Waals surface area contributed by atoms with Gasteiger partial charge in [0.05, 0.1) is 11.1 Å². The Morgan fingerprint density at radius 3 is 2.77 bits per heavy atom. The normalized spacial score (nSPS) is 16.8. The van der Waals surface area contributed by atoms with Crippen molar-refractivity contribution in [1.82, 2.24) is 4.57 Å². The first kappa shape index (κ1) is 18.4. The highest BCUT2D eigenvalue weighted by atomic mass is 16.5. The van der Waals surface area contributed by atoms with Gasteiger partial charge in [-0.3, -0.25) is 4.79 Å². The van der Waals surface area contributed by atoms with Gasteiger partial charge in [0.1, 0.15) is 6.61 Å². The molecule has 1 aromatic heterocycles. The number of carbonyl (C=O) groups excluding carboxylic acids is 1. The third kappa shape index (κ3) is 4.03. The molecule has 2 heterocycles. The molecule has 3 rings (SSSR count). The predicted molar refractivity (Wildman–Crippen MR) is 97.9 cm³/mol. The van der Waals surface area contributed by atoms with Gasteiger partial charge >= 0.3 is 5.97 Å². The van der Waals surface area contributed by atoms with Crippen molar-refractivity contribution in [2.24, 2.45) is 7.05 Å². The van der Waals surface area contributed by atoms with Gasteiger partial charge in [-0.1, -0.05) is 6.07 Å². The lowest BCUT2D eigenvalue weighted by atomic mass is 9.93. The Labute approximate surface area is 152 Å². The molecular weight excluding hydrogens is 334 g/mol. The van der Waals surface area contributed by atoms with Gasteiger partial charge in [0, 0.05) is 52.4 Å². The van der Waals surface area contributed by atoms with Crippen LogP contribution in [0.2, 0.25) is 0 Å². The first-order valence-corrected chi connectivity index (χ1v) is 8.61. The minimum absolute atomic E-state index is 0.0537. The number of rotatable bonds is 5. The minimum Gasteiger partial charge on any atom is -0.458 e. The number of hydrogen-bond acceptors (Lipinski definition) is 5. The summed E-state index contributed by atoms with van der Waals surface area (Å²) in [4.78, 5) is 23.7. The van der Waals surface area contributed by atoms with E-state index in [1.54, 1.807) is 30.9 Å². The monoisotopic (exact) mass is 357 g/mol. The van der Waals surface area contributed by atoms with Crippen LogP contribution in [-0.2, 0) is 32.7 Å². The van der Waals surface area contributed by atoms with Crippen LogP contribution in [0.1, 0.15) is 18.4 Å². The maximum atomic E-state index is 12.0. The number of aryl methyl sites for hydroxylation is 1. The van der Waals surface area contributed by atoms with Crippen LogP contribution in [0, 0.1) is 0 Å². The van der Waals surface area contributed by atoms with Crippen LogP contribution < -0.4 is 5.56 Å². The maximum Gasteiger partial charge on any atom is 0.330 e. The van der Waals surface area contributed by atoms with Crippen molar-refractivity contribution < 1.29 is 19.0 Å². The van der Waals surface area contributed by atoms with Crippen molar-refractivity contribution in [2.75, 3.05) is 20.3 Å². The Kier molecular flexibility index (Phi) is 5.54. The number of fused-ring (bicyclic) bond motifs is 1. The molecule has 0 N–H and O–H groups in total. The Hall–Kier alpha value is -2.44. The molecule has 6 nitrogen and oxygen atoms in total. The van der Waals surface area contributed by atoms with Gasteiger partial charge < -0.3 is 18.8 Å². The molecule has 0 amide bonds. The zero-order valence-electron chi connectivity index (χ0n) is 15.1. The number of esters is 1. The molecule has 0 atom stereocenters. The highest BCUT2D eigenvalue weighted by Gasteiger charge is 2.29. The van der Waals surface area contributed by atoms with Crippen LogP contribution >= 0.6 is 0 Å². The highest BCUT2D eigenvalue weighted by molar-refractivity contribution is 5.82. The lowest BCUT2D eigenvalue weighted by molar-refractivity contribution is -0.139. The topological polar surface area (TPSA) is 66.8 Å². The zero-order chi connectivity index (χ0) is 18.6. The van der Waals surface area contributed by atoms with E-state index in [9.17, 15) is 9.59 Å². The molecule has 1 aliphatic rings. The van der Waals surface area contributed by atoms with Crippen LogP contribution in [0.3, 0.4) is 0 Å². The maximum absolute atomic E-state index is 12.0. The van der Waals surface area contributed by atoms with Gasteiger partial charge in [0.2, 0.25) is 0 Å². The summed E-state index contributed by atoms with van der Waals surface area (Å²) in [6, 6.07) is 8.93. The molecule has 1 saturated heterocycles. The van der Waals surface area contributed by atoms with E-state index in [4.69, 9.17) is 14.2 Å². The molecule has 1 fully saturated rings. The molecule has 0 aliphatic carbocycles. The summed E-state index contributed by atoms with van der Waals surface area (Å²) in [7, 11) is 3.38. The minimum atomic E-state index is -0.453. The molecule has 0 radical (unpaired) electrons. The number of benzene rings is 1. The molecule has 26 heavy (non-hydrogen) atoms. The van der Waals surface area contributed by atoms with Crippen molar-refractivity contribution in [3.05, 3.63) is 58.4 Å². The summed E-state index contributed by atoms with van der Waals surface area (Å²) >= 11 is 0. The van der Waals surface area contributed by atoms with E-state index in [0.717, 1.165) is 29.3 Å². The van der Waals surface area contributed by atoms with Crippen molar-refractivity contribution in [1.29, 1.82) is 0 Å². The lowest BCUT2D eigenvalue weighted by Gasteiger charge is -2.32. The van der Waals surface area contributed by atoms with Gasteiger partial charge in [-0.2, -0.15) is 0 Å². The van der Waals surface area contributed by atoms with Crippen molar-refractivity contribution >= 4 is 16.9 Å². The van der Waals surface area contributed by atoms with Crippen molar-refractivity contribution in [2.45, 2.75) is 25.0 Å². The van der Waals surface area contributed by atoms with Crippen LogP contribution in [0.4, 0.5) is 0 Å². The fourth-order valence-corrected chi connectivity index (χ4v) is 3.10. The summed E-state index contributed by atoms with van der Waals surface area (Å²) in [5, 5.41) is 0.928. The van der Waals surface area contributed by atoms with Crippen LogP contribution in [0.5, 0.6) is 0 Å². The summed E-state index contributed by atoms with van der Waals surface area (Å²) < 4.78 is 17.8. The second kappa shape index (κ2) is 7.85. The fraction of sp³-hybridized carbons (Fsp3) is 0.400. The molecule has 1 aromatic carbocycles. The molecule has 0 unspecified atom stereocenters. The summed E-state index contributed by atoms with van der Waals surface area (Å²) in [6.45, 7) is 1.41. The summed E-state index contributed by atoms with van der Waals surface area (Å²) in [5.74, 6) is -0.409. The molecule has 0 saturated carbocycles. The fourth-order valence-electron chi connectivity index (χ4n) is 3.10. The quantitative estimate of drug-likeness (QED) is 0.607. The number of methoxy groups -OCH3 is 1. The number of pyridine rings is 1. The van der Waals surface area contributed by atoms with E-state index in [1.165, 1.54) is 12.1 Å². The molecular formula is C20H23NO5. The van der Waals surface area contributed by atoms with E-state index >= 15 is 0 Å². The molecule has 0 bridgehead atoms. The van der Waals surface area contributed by atoms with E-state index in [2.05, 4.69) is 0 Å². The van der Waals surface area contributed by atoms with Crippen LogP contribution in [-0.4, -0.2) is 36.5 Å². The zero-order valence-corrected chi connectivity index (χ0v) is 15.1. The Balaban J connectivity index is 1.64. The Morgan fingerprint density at radius 2 is 2.04 bits per heavy atom. The van der Waals surface area contributed by atoms with E-state index in [0.29, 0.717) is 13.2 Å². The van der Waals surface area contributed by atoms with E-state index in [1.807, 2.05) is 18.2 Å². The number of hydrogen-bond donors (Lipinski definition) is 0. The summed E-state index contributed by atoms with van der Waals surface area (Å²) in [5.41, 5.74) is 1.20. The Bertz CT molecular complexity index is 877. The average Bonchev–Trinajstić information content (AvgIpc) is 2.68. The van der Waals surface area contributed by atoms with Gasteiger partial charge in [0.15, 0.2) is 0 Å². The van der Waals surface area contributed by atoms with Gasteiger partial charge in [0.25, 0.3) is 5.56 Å². The van der Waals surface area contributed by atoms with Crippen molar-refractivity contribution in [3.8, 4) is 0 Å². The van der Waals surface area contributed by atoms with Crippen molar-refractivity contribution in [3.63, 3.8) is 0 Å². The van der Waals surface area contributed by atoms with Gasteiger partial charge in [-0.15, -0.1) is 0 Å². The van der Waals surface area contributed by atoms with Crippen LogP contribution in [0.15, 0.2) is 47.3 Å². The van der Waals surface area contributed by atoms with Gasteiger partial charge in [-0.05, 0) is 35.2 Å². The third-order valence-electron chi connectivity index (χ3n) is 4.84. The smallest absolute Gasteiger partial charge is 0.330 e. The molecule has 6 heteroatoms. The standard InChI is InChI=1S/C20H23NO5/c1-21-17-5-3-15(13-16(17)4-6-18(21)22)14-26-19(23)7-8-20(24-2)9-11-25-12-10-20/h3-8,13H,9-12,14H2,1-2H3/b8-7+. The molecule has 138 valence electrons. The molecule has 0 spiro atoms. The third-order valence-corrected chi connectivity index (χ3v) is 4.84. The number of aromatic nitrogens is 1. The summed E-state index contributed by atoms with van der Waals surface area (Å²) in [6.07, 6.45) is 4.64. The number of ether oxygens (including phenoxy) is 3. The molecule has 2 aromatic rings. The highest BCUT2D eigenvalue weighted by Crippen LogP contribution is 2.25. The van der Waals surface area contributed by atoms with E-state index in [-0.39, 0.29) is 12.2 Å². The first-order valence-electron chi connectivity index (χ1n) is 8.61.